The summed E-state index contributed by atoms with van der Waals surface area (Å²) < 4.78 is 7.05. The predicted octanol–water partition coefficient (Wildman–Crippen LogP) is 1.84. The van der Waals surface area contributed by atoms with Gasteiger partial charge in [0.1, 0.15) is 11.8 Å². The summed E-state index contributed by atoms with van der Waals surface area (Å²) in [5.74, 6) is 0.241. The van der Waals surface area contributed by atoms with Crippen LogP contribution in [0.4, 0.5) is 5.69 Å². The van der Waals surface area contributed by atoms with Gasteiger partial charge in [0.25, 0.3) is 5.91 Å². The maximum absolute atomic E-state index is 12.7. The molecule has 1 aliphatic heterocycles. The molecule has 132 valence electrons. The molecule has 1 N–H and O–H groups in total. The molecule has 2 aromatic rings. The van der Waals surface area contributed by atoms with Crippen LogP contribution >= 0.6 is 0 Å². The van der Waals surface area contributed by atoms with Crippen LogP contribution in [-0.2, 0) is 11.3 Å². The molecule has 1 unspecified atom stereocenters. The Balaban J connectivity index is 1.68. The predicted molar refractivity (Wildman–Crippen MR) is 93.7 cm³/mol. The number of hydrogen-bond donors (Lipinski definition) is 1. The van der Waals surface area contributed by atoms with Gasteiger partial charge in [-0.05, 0) is 25.0 Å². The van der Waals surface area contributed by atoms with Gasteiger partial charge in [0.15, 0.2) is 0 Å². The maximum Gasteiger partial charge on any atom is 0.255 e. The molecule has 3 rings (SSSR count). The zero-order valence-electron chi connectivity index (χ0n) is 14.4. The Morgan fingerprint density at radius 1 is 1.40 bits per heavy atom. The fourth-order valence-corrected chi connectivity index (χ4v) is 2.98. The van der Waals surface area contributed by atoms with Crippen LogP contribution in [-0.4, -0.2) is 41.3 Å². The van der Waals surface area contributed by atoms with Crippen molar-refractivity contribution in [1.29, 1.82) is 0 Å². The Labute approximate surface area is 146 Å². The number of aryl methyl sites for hydroxylation is 1. The van der Waals surface area contributed by atoms with Crippen LogP contribution in [0, 0.1) is 0 Å². The summed E-state index contributed by atoms with van der Waals surface area (Å²) in [7, 11) is 1.58. The molecule has 2 amide bonds. The average molecular weight is 342 g/mol. The molecule has 1 atom stereocenters. The van der Waals surface area contributed by atoms with Crippen molar-refractivity contribution in [3.8, 4) is 5.75 Å². The van der Waals surface area contributed by atoms with E-state index < -0.39 is 6.04 Å². The zero-order valence-corrected chi connectivity index (χ0v) is 14.4. The Bertz CT molecular complexity index is 771. The number of para-hydroxylation sites is 2. The number of amides is 2. The first-order valence-corrected chi connectivity index (χ1v) is 8.41. The molecule has 0 spiro atoms. The summed E-state index contributed by atoms with van der Waals surface area (Å²) in [6, 6.07) is 6.84. The minimum atomic E-state index is -0.535. The summed E-state index contributed by atoms with van der Waals surface area (Å²) in [6.45, 7) is 3.35. The summed E-state index contributed by atoms with van der Waals surface area (Å²) in [6.07, 6.45) is 4.74. The van der Waals surface area contributed by atoms with E-state index in [-0.39, 0.29) is 11.8 Å². The SMILES string of the molecule is CCCn1cc(C(=O)NC2CCN(c3ccccc3OC)C2=O)cn1. The highest BCUT2D eigenvalue weighted by Gasteiger charge is 2.35. The van der Waals surface area contributed by atoms with Gasteiger partial charge in [0, 0.05) is 19.3 Å². The van der Waals surface area contributed by atoms with Crippen LogP contribution in [0.5, 0.6) is 5.75 Å². The van der Waals surface area contributed by atoms with E-state index in [9.17, 15) is 9.59 Å². The second-order valence-corrected chi connectivity index (χ2v) is 5.97. The summed E-state index contributed by atoms with van der Waals surface area (Å²) in [4.78, 5) is 26.7. The van der Waals surface area contributed by atoms with Crippen molar-refractivity contribution < 1.29 is 14.3 Å². The van der Waals surface area contributed by atoms with Crippen LogP contribution in [0.25, 0.3) is 0 Å². The van der Waals surface area contributed by atoms with Gasteiger partial charge in [-0.1, -0.05) is 19.1 Å². The molecule has 1 fully saturated rings. The van der Waals surface area contributed by atoms with E-state index in [0.717, 1.165) is 18.7 Å². The third-order valence-electron chi connectivity index (χ3n) is 4.23. The lowest BCUT2D eigenvalue weighted by molar-refractivity contribution is -0.118. The Hall–Kier alpha value is -2.83. The maximum atomic E-state index is 12.7. The Kier molecular flexibility index (Phi) is 5.02. The van der Waals surface area contributed by atoms with Gasteiger partial charge in [-0.2, -0.15) is 5.10 Å². The molecule has 25 heavy (non-hydrogen) atoms. The lowest BCUT2D eigenvalue weighted by Crippen LogP contribution is -2.41. The fraction of sp³-hybridized carbons (Fsp3) is 0.389. The highest BCUT2D eigenvalue weighted by molar-refractivity contribution is 6.04. The molecular weight excluding hydrogens is 320 g/mol. The molecule has 7 heteroatoms. The smallest absolute Gasteiger partial charge is 0.255 e. The van der Waals surface area contributed by atoms with Gasteiger partial charge in [-0.25, -0.2) is 0 Å². The molecule has 0 bridgehead atoms. The van der Waals surface area contributed by atoms with Gasteiger partial charge < -0.3 is 15.0 Å². The topological polar surface area (TPSA) is 76.5 Å². The second kappa shape index (κ2) is 7.38. The molecule has 1 aliphatic rings. The quantitative estimate of drug-likeness (QED) is 0.869. The normalized spacial score (nSPS) is 17.0. The first kappa shape index (κ1) is 17.0. The van der Waals surface area contributed by atoms with Crippen LogP contribution in [0.2, 0.25) is 0 Å². The van der Waals surface area contributed by atoms with Crippen molar-refractivity contribution in [2.45, 2.75) is 32.4 Å². The highest BCUT2D eigenvalue weighted by atomic mass is 16.5. The monoisotopic (exact) mass is 342 g/mol. The largest absolute Gasteiger partial charge is 0.495 e. The number of carbonyl (C=O) groups excluding carboxylic acids is 2. The van der Waals surface area contributed by atoms with E-state index in [0.29, 0.717) is 24.3 Å². The van der Waals surface area contributed by atoms with Gasteiger partial charge in [0.05, 0.1) is 24.6 Å². The van der Waals surface area contributed by atoms with Crippen LogP contribution in [0.15, 0.2) is 36.7 Å². The third-order valence-corrected chi connectivity index (χ3v) is 4.23. The molecule has 7 nitrogen and oxygen atoms in total. The molecule has 0 aliphatic carbocycles. The van der Waals surface area contributed by atoms with E-state index in [1.807, 2.05) is 31.2 Å². The van der Waals surface area contributed by atoms with Crippen molar-refractivity contribution in [2.75, 3.05) is 18.6 Å². The number of carbonyl (C=O) groups is 2. The lowest BCUT2D eigenvalue weighted by atomic mass is 10.2. The van der Waals surface area contributed by atoms with E-state index in [4.69, 9.17) is 4.74 Å². The molecular formula is C18H22N4O3. The molecule has 0 saturated carbocycles. The number of benzene rings is 1. The first-order chi connectivity index (χ1) is 12.1. The van der Waals surface area contributed by atoms with Crippen molar-refractivity contribution in [3.05, 3.63) is 42.2 Å². The van der Waals surface area contributed by atoms with Crippen LogP contribution < -0.4 is 15.0 Å². The molecule has 1 saturated heterocycles. The summed E-state index contributed by atoms with van der Waals surface area (Å²) >= 11 is 0. The van der Waals surface area contributed by atoms with Gasteiger partial charge >= 0.3 is 0 Å². The fourth-order valence-electron chi connectivity index (χ4n) is 2.98. The average Bonchev–Trinajstić information content (AvgIpc) is 3.23. The van der Waals surface area contributed by atoms with E-state index in [1.54, 1.807) is 22.9 Å². The number of methoxy groups -OCH3 is 1. The molecule has 1 aromatic carbocycles. The Morgan fingerprint density at radius 2 is 2.20 bits per heavy atom. The van der Waals surface area contributed by atoms with Gasteiger partial charge in [-0.3, -0.25) is 14.3 Å². The minimum absolute atomic E-state index is 0.126. The number of nitrogens with zero attached hydrogens (tertiary/aromatic N) is 3. The summed E-state index contributed by atoms with van der Waals surface area (Å²) in [5, 5.41) is 6.96. The van der Waals surface area contributed by atoms with Crippen LogP contribution in [0.3, 0.4) is 0 Å². The number of rotatable bonds is 6. The van der Waals surface area contributed by atoms with Crippen molar-refractivity contribution >= 4 is 17.5 Å². The molecule has 0 radical (unpaired) electrons. The standard InChI is InChI=1S/C18H22N4O3/c1-3-9-21-12-13(11-19-21)17(23)20-14-8-10-22(18(14)24)15-6-4-5-7-16(15)25-2/h4-7,11-12,14H,3,8-10H2,1-2H3,(H,20,23). The number of anilines is 1. The number of ether oxygens (including phenoxy) is 1. The second-order valence-electron chi connectivity index (χ2n) is 5.97. The van der Waals surface area contributed by atoms with Crippen molar-refractivity contribution in [3.63, 3.8) is 0 Å². The molecule has 2 heterocycles. The minimum Gasteiger partial charge on any atom is -0.495 e. The van der Waals surface area contributed by atoms with E-state index in [2.05, 4.69) is 10.4 Å². The number of nitrogens with one attached hydrogen (secondary N) is 1. The van der Waals surface area contributed by atoms with Crippen LogP contribution in [0.1, 0.15) is 30.1 Å². The first-order valence-electron chi connectivity index (χ1n) is 8.41. The highest BCUT2D eigenvalue weighted by Crippen LogP contribution is 2.31. The lowest BCUT2D eigenvalue weighted by Gasteiger charge is -2.19. The number of aromatic nitrogens is 2. The Morgan fingerprint density at radius 3 is 2.96 bits per heavy atom. The van der Waals surface area contributed by atoms with Crippen molar-refractivity contribution in [1.82, 2.24) is 15.1 Å². The third kappa shape index (κ3) is 3.50. The van der Waals surface area contributed by atoms with Crippen molar-refractivity contribution in [2.24, 2.45) is 0 Å². The summed E-state index contributed by atoms with van der Waals surface area (Å²) in [5.41, 5.74) is 1.19. The number of hydrogen-bond acceptors (Lipinski definition) is 4. The van der Waals surface area contributed by atoms with Gasteiger partial charge in [-0.15, -0.1) is 0 Å². The molecule has 1 aromatic heterocycles. The van der Waals surface area contributed by atoms with Gasteiger partial charge in [0.2, 0.25) is 5.91 Å². The zero-order chi connectivity index (χ0) is 17.8. The van der Waals surface area contributed by atoms with E-state index in [1.165, 1.54) is 6.20 Å². The van der Waals surface area contributed by atoms with E-state index >= 15 is 0 Å².